The van der Waals surface area contributed by atoms with Crippen LogP contribution in [0.4, 0.5) is 0 Å². The minimum atomic E-state index is 0. The molecular formula is C18H27IN4O2. The van der Waals surface area contributed by atoms with Crippen LogP contribution < -0.4 is 10.6 Å². The van der Waals surface area contributed by atoms with E-state index in [4.69, 9.17) is 4.42 Å². The van der Waals surface area contributed by atoms with Crippen LogP contribution in [0.3, 0.4) is 0 Å². The first-order chi connectivity index (χ1) is 11.6. The fourth-order valence-electron chi connectivity index (χ4n) is 2.26. The monoisotopic (exact) mass is 458 g/mol. The van der Waals surface area contributed by atoms with Gasteiger partial charge in [0.15, 0.2) is 5.96 Å². The number of hydrogen-bond donors (Lipinski definition) is 3. The Bertz CT molecular complexity index is 649. The molecule has 6 nitrogen and oxygen atoms in total. The van der Waals surface area contributed by atoms with Gasteiger partial charge in [0.25, 0.3) is 0 Å². The van der Waals surface area contributed by atoms with Crippen LogP contribution in [0.15, 0.2) is 33.7 Å². The van der Waals surface area contributed by atoms with Gasteiger partial charge in [-0.3, -0.25) is 0 Å². The van der Waals surface area contributed by atoms with Crippen molar-refractivity contribution >= 4 is 29.9 Å². The average molecular weight is 458 g/mol. The summed E-state index contributed by atoms with van der Waals surface area (Å²) >= 11 is 0. The number of halogens is 1. The fourth-order valence-corrected chi connectivity index (χ4v) is 2.26. The Labute approximate surface area is 166 Å². The molecule has 1 aromatic heterocycles. The first kappa shape index (κ1) is 21.3. The number of aryl methyl sites for hydroxylation is 3. The molecular weight excluding hydrogens is 431 g/mol. The molecule has 0 aliphatic carbocycles. The number of phenols is 1. The van der Waals surface area contributed by atoms with E-state index in [9.17, 15) is 5.11 Å². The first-order valence-corrected chi connectivity index (χ1v) is 8.31. The van der Waals surface area contributed by atoms with E-state index >= 15 is 0 Å². The van der Waals surface area contributed by atoms with E-state index in [0.29, 0.717) is 18.2 Å². The Morgan fingerprint density at radius 3 is 2.52 bits per heavy atom. The summed E-state index contributed by atoms with van der Waals surface area (Å²) in [7, 11) is 0. The Balaban J connectivity index is 0.00000312. The molecule has 0 unspecified atom stereocenters. The first-order valence-electron chi connectivity index (χ1n) is 8.31. The summed E-state index contributed by atoms with van der Waals surface area (Å²) in [6.45, 7) is 7.90. The molecule has 1 heterocycles. The van der Waals surface area contributed by atoms with Crippen molar-refractivity contribution in [3.05, 3.63) is 47.2 Å². The largest absolute Gasteiger partial charge is 0.508 e. The number of benzene rings is 1. The van der Waals surface area contributed by atoms with Crippen LogP contribution in [0.2, 0.25) is 0 Å². The van der Waals surface area contributed by atoms with E-state index in [1.54, 1.807) is 12.1 Å². The van der Waals surface area contributed by atoms with Gasteiger partial charge in [-0.25, -0.2) is 9.98 Å². The lowest BCUT2D eigenvalue weighted by Crippen LogP contribution is -2.37. The quantitative estimate of drug-likeness (QED) is 0.257. The maximum atomic E-state index is 9.28. The number of nitrogens with zero attached hydrogens (tertiary/aromatic N) is 2. The van der Waals surface area contributed by atoms with Crippen LogP contribution in [-0.4, -0.2) is 29.1 Å². The van der Waals surface area contributed by atoms with Crippen molar-refractivity contribution in [3.63, 3.8) is 0 Å². The molecule has 7 heteroatoms. The van der Waals surface area contributed by atoms with Gasteiger partial charge < -0.3 is 20.2 Å². The van der Waals surface area contributed by atoms with Crippen LogP contribution in [0.25, 0.3) is 0 Å². The van der Waals surface area contributed by atoms with Crippen molar-refractivity contribution in [1.29, 1.82) is 0 Å². The molecule has 3 N–H and O–H groups in total. The molecule has 0 radical (unpaired) electrons. The second kappa shape index (κ2) is 11.0. The van der Waals surface area contributed by atoms with Gasteiger partial charge in [0.1, 0.15) is 18.1 Å². The number of aromatic hydroxyl groups is 1. The predicted molar refractivity (Wildman–Crippen MR) is 111 cm³/mol. The third-order valence-electron chi connectivity index (χ3n) is 3.66. The second-order valence-electron chi connectivity index (χ2n) is 5.64. The molecule has 0 aliphatic rings. The van der Waals surface area contributed by atoms with E-state index in [-0.39, 0.29) is 24.0 Å². The summed E-state index contributed by atoms with van der Waals surface area (Å²) in [5, 5.41) is 15.8. The Hall–Kier alpha value is -1.77. The highest BCUT2D eigenvalue weighted by atomic mass is 127. The number of rotatable bonds is 7. The molecule has 2 aromatic rings. The van der Waals surface area contributed by atoms with Crippen molar-refractivity contribution in [2.75, 3.05) is 13.1 Å². The minimum Gasteiger partial charge on any atom is -0.508 e. The van der Waals surface area contributed by atoms with E-state index in [0.717, 1.165) is 43.3 Å². The molecule has 138 valence electrons. The molecule has 0 atom stereocenters. The minimum absolute atomic E-state index is 0. The Morgan fingerprint density at radius 2 is 1.92 bits per heavy atom. The van der Waals surface area contributed by atoms with Gasteiger partial charge in [0.05, 0.1) is 5.69 Å². The maximum absolute atomic E-state index is 9.28. The van der Waals surface area contributed by atoms with Crippen molar-refractivity contribution < 1.29 is 9.52 Å². The van der Waals surface area contributed by atoms with Crippen LogP contribution in [0, 0.1) is 13.8 Å². The van der Waals surface area contributed by atoms with Gasteiger partial charge in [0, 0.05) is 13.1 Å². The van der Waals surface area contributed by atoms with Gasteiger partial charge in [-0.15, -0.1) is 24.0 Å². The fraction of sp³-hybridized carbons (Fsp3) is 0.444. The van der Waals surface area contributed by atoms with E-state index in [1.807, 2.05) is 32.9 Å². The smallest absolute Gasteiger partial charge is 0.216 e. The van der Waals surface area contributed by atoms with Crippen molar-refractivity contribution in [3.8, 4) is 5.75 Å². The van der Waals surface area contributed by atoms with Crippen LogP contribution in [0.5, 0.6) is 5.75 Å². The van der Waals surface area contributed by atoms with E-state index < -0.39 is 0 Å². The normalized spacial score (nSPS) is 11.1. The van der Waals surface area contributed by atoms with Crippen LogP contribution in [-0.2, 0) is 13.0 Å². The predicted octanol–water partition coefficient (Wildman–Crippen LogP) is 3.30. The molecule has 1 aromatic carbocycles. The highest BCUT2D eigenvalue weighted by Gasteiger charge is 2.05. The lowest BCUT2D eigenvalue weighted by molar-refractivity contribution is 0.472. The summed E-state index contributed by atoms with van der Waals surface area (Å²) in [5.74, 6) is 2.53. The van der Waals surface area contributed by atoms with E-state index in [2.05, 4.69) is 20.6 Å². The SMILES string of the molecule is CCNC(=NCc1nc(C)c(C)o1)NCCCc1ccc(O)cc1.I. The average Bonchev–Trinajstić information content (AvgIpc) is 2.89. The van der Waals surface area contributed by atoms with Crippen molar-refractivity contribution in [2.24, 2.45) is 4.99 Å². The second-order valence-corrected chi connectivity index (χ2v) is 5.64. The third-order valence-corrected chi connectivity index (χ3v) is 3.66. The summed E-state index contributed by atoms with van der Waals surface area (Å²) in [6.07, 6.45) is 1.93. The standard InChI is InChI=1S/C18H26N4O2.HI/c1-4-19-18(21-12-17-22-13(2)14(3)24-17)20-11-5-6-15-7-9-16(23)10-8-15;/h7-10,23H,4-6,11-12H2,1-3H3,(H2,19,20,21);1H. The van der Waals surface area contributed by atoms with Gasteiger partial charge >= 0.3 is 0 Å². The Kier molecular flexibility index (Phi) is 9.33. The zero-order valence-corrected chi connectivity index (χ0v) is 17.3. The topological polar surface area (TPSA) is 82.7 Å². The van der Waals surface area contributed by atoms with Gasteiger partial charge in [-0.2, -0.15) is 0 Å². The Morgan fingerprint density at radius 1 is 1.20 bits per heavy atom. The number of guanidine groups is 1. The number of hydrogen-bond acceptors (Lipinski definition) is 4. The summed E-state index contributed by atoms with van der Waals surface area (Å²) in [5.41, 5.74) is 2.12. The summed E-state index contributed by atoms with van der Waals surface area (Å²) in [6, 6.07) is 7.33. The molecule has 0 spiro atoms. The number of aromatic nitrogens is 1. The van der Waals surface area contributed by atoms with E-state index in [1.165, 1.54) is 5.56 Å². The van der Waals surface area contributed by atoms with Crippen molar-refractivity contribution in [1.82, 2.24) is 15.6 Å². The number of nitrogens with one attached hydrogen (secondary N) is 2. The zero-order valence-electron chi connectivity index (χ0n) is 15.0. The molecule has 25 heavy (non-hydrogen) atoms. The summed E-state index contributed by atoms with van der Waals surface area (Å²) in [4.78, 5) is 8.84. The zero-order chi connectivity index (χ0) is 17.4. The van der Waals surface area contributed by atoms with Gasteiger partial charge in [-0.1, -0.05) is 12.1 Å². The highest BCUT2D eigenvalue weighted by Crippen LogP contribution is 2.11. The number of phenolic OH excluding ortho intramolecular Hbond substituents is 1. The molecule has 0 amide bonds. The summed E-state index contributed by atoms with van der Waals surface area (Å²) < 4.78 is 5.54. The lowest BCUT2D eigenvalue weighted by Gasteiger charge is -2.10. The lowest BCUT2D eigenvalue weighted by atomic mass is 10.1. The van der Waals surface area contributed by atoms with Crippen LogP contribution >= 0.6 is 24.0 Å². The molecule has 0 saturated heterocycles. The number of oxazole rings is 1. The molecule has 0 fully saturated rings. The van der Waals surface area contributed by atoms with Gasteiger partial charge in [-0.05, 0) is 51.3 Å². The highest BCUT2D eigenvalue weighted by molar-refractivity contribution is 14.0. The number of aliphatic imine (C=N–C) groups is 1. The third kappa shape index (κ3) is 7.33. The molecule has 0 aliphatic heterocycles. The molecule has 0 saturated carbocycles. The molecule has 0 bridgehead atoms. The molecule has 2 rings (SSSR count). The van der Waals surface area contributed by atoms with Gasteiger partial charge in [0.2, 0.25) is 5.89 Å². The van der Waals surface area contributed by atoms with Crippen LogP contribution in [0.1, 0.15) is 36.3 Å². The maximum Gasteiger partial charge on any atom is 0.216 e. The van der Waals surface area contributed by atoms with Crippen molar-refractivity contribution in [2.45, 2.75) is 40.2 Å².